The SMILES string of the molecule is CCCC(C)(C1C(C)C2(C)C(C)(C)C(CC3CC4(CC(C)C(C)C(C)C4C)C(C)c4c(C)c(C)c(C)c(C)c43)C1(C)C2(C)C)C(C)(C)C(C)C. The molecule has 0 heterocycles. The number of hydrogen-bond acceptors (Lipinski definition) is 0. The van der Waals surface area contributed by atoms with Gasteiger partial charge in [-0.05, 0) is 184 Å². The molecule has 0 radical (unpaired) electrons. The second kappa shape index (κ2) is 12.1. The molecule has 1 aromatic rings. The predicted molar refractivity (Wildman–Crippen MR) is 221 cm³/mol. The van der Waals surface area contributed by atoms with Crippen molar-refractivity contribution in [1.82, 2.24) is 0 Å². The molecule has 1 aromatic carbocycles. The Morgan fingerprint density at radius 3 is 1.70 bits per heavy atom. The molecule has 286 valence electrons. The Hall–Kier alpha value is -0.780. The van der Waals surface area contributed by atoms with E-state index in [4.69, 9.17) is 0 Å². The van der Waals surface area contributed by atoms with Gasteiger partial charge < -0.3 is 0 Å². The van der Waals surface area contributed by atoms with E-state index in [9.17, 15) is 0 Å². The average Bonchev–Trinajstić information content (AvgIpc) is 3.20. The zero-order valence-electron chi connectivity index (χ0n) is 37.8. The summed E-state index contributed by atoms with van der Waals surface area (Å²) in [6.45, 7) is 58.0. The number of benzene rings is 1. The molecule has 0 saturated heterocycles. The van der Waals surface area contributed by atoms with E-state index < -0.39 is 0 Å². The monoisotopic (exact) mass is 687 g/mol. The standard InChI is InChI=1S/C50H86/c1-23-24-47(20,44(14,15)28(2)3)43-38(13)49(22)45(16,17)40(48(43,21)46(49,18)19)25-39-27-50(26-29(4)30(5)33(8)36(50)11)37(12)41-34(9)31(6)32(7)35(10)42(39)41/h28-30,33,36-40,43H,23-27H2,1-22H3. The molecule has 5 rings (SSSR count). The Morgan fingerprint density at radius 1 is 0.700 bits per heavy atom. The molecule has 0 nitrogen and oxygen atoms in total. The highest BCUT2D eigenvalue weighted by atomic mass is 14.9. The maximum Gasteiger partial charge on any atom is -0.0125 e. The molecule has 0 heteroatoms. The van der Waals surface area contributed by atoms with E-state index in [0.29, 0.717) is 40.9 Å². The quantitative estimate of drug-likeness (QED) is 0.268. The lowest BCUT2D eigenvalue weighted by molar-refractivity contribution is -0.154. The first-order valence-corrected chi connectivity index (χ1v) is 21.7. The van der Waals surface area contributed by atoms with E-state index in [1.807, 2.05) is 0 Å². The second-order valence-corrected chi connectivity index (χ2v) is 22.8. The molecule has 13 unspecified atom stereocenters. The largest absolute Gasteiger partial charge is 0.0654 e. The average molecular weight is 687 g/mol. The number of rotatable bonds is 7. The molecule has 50 heavy (non-hydrogen) atoms. The normalized spacial score (nSPS) is 43.4. The first-order valence-electron chi connectivity index (χ1n) is 21.7. The lowest BCUT2D eigenvalue weighted by Crippen LogP contribution is -2.58. The fourth-order valence-electron chi connectivity index (χ4n) is 16.6. The van der Waals surface area contributed by atoms with Crippen molar-refractivity contribution >= 4 is 0 Å². The summed E-state index contributed by atoms with van der Waals surface area (Å²) < 4.78 is 0. The summed E-state index contributed by atoms with van der Waals surface area (Å²) in [5.41, 5.74) is 11.8. The van der Waals surface area contributed by atoms with Gasteiger partial charge in [-0.2, -0.15) is 0 Å². The van der Waals surface area contributed by atoms with Crippen LogP contribution in [-0.2, 0) is 0 Å². The zero-order chi connectivity index (χ0) is 38.3. The summed E-state index contributed by atoms with van der Waals surface area (Å²) in [6, 6.07) is 0. The van der Waals surface area contributed by atoms with Gasteiger partial charge >= 0.3 is 0 Å². The van der Waals surface area contributed by atoms with Gasteiger partial charge in [0.15, 0.2) is 0 Å². The highest BCUT2D eigenvalue weighted by Gasteiger charge is 2.83. The summed E-state index contributed by atoms with van der Waals surface area (Å²) in [7, 11) is 0. The first kappa shape index (κ1) is 40.4. The van der Waals surface area contributed by atoms with Crippen molar-refractivity contribution < 1.29 is 0 Å². The third-order valence-electron chi connectivity index (χ3n) is 21.8. The van der Waals surface area contributed by atoms with Crippen LogP contribution < -0.4 is 0 Å². The van der Waals surface area contributed by atoms with Crippen LogP contribution in [0.15, 0.2) is 0 Å². The van der Waals surface area contributed by atoms with Crippen LogP contribution in [0.1, 0.15) is 202 Å². The van der Waals surface area contributed by atoms with Gasteiger partial charge in [0.05, 0.1) is 0 Å². The Bertz CT molecular complexity index is 1470. The van der Waals surface area contributed by atoms with Crippen molar-refractivity contribution in [3.8, 4) is 0 Å². The molecule has 0 aromatic heterocycles. The van der Waals surface area contributed by atoms with Crippen molar-refractivity contribution in [2.24, 2.45) is 85.2 Å². The third kappa shape index (κ3) is 4.53. The summed E-state index contributed by atoms with van der Waals surface area (Å²) in [5.74, 6) is 7.04. The second-order valence-electron chi connectivity index (χ2n) is 22.8. The Labute approximate surface area is 313 Å². The molecule has 2 bridgehead atoms. The van der Waals surface area contributed by atoms with Crippen LogP contribution in [0, 0.1) is 113 Å². The molecule has 1 spiro atoms. The van der Waals surface area contributed by atoms with Crippen molar-refractivity contribution in [2.45, 2.75) is 196 Å². The molecular formula is C50H86. The van der Waals surface area contributed by atoms with Crippen molar-refractivity contribution in [3.05, 3.63) is 33.4 Å². The van der Waals surface area contributed by atoms with Gasteiger partial charge in [-0.15, -0.1) is 0 Å². The topological polar surface area (TPSA) is 0 Å². The lowest BCUT2D eigenvalue weighted by atomic mass is 9.40. The maximum absolute atomic E-state index is 2.86. The first-order chi connectivity index (χ1) is 22.6. The summed E-state index contributed by atoms with van der Waals surface area (Å²) in [6.07, 6.45) is 6.74. The van der Waals surface area contributed by atoms with Crippen LogP contribution in [0.3, 0.4) is 0 Å². The molecule has 4 aliphatic rings. The Balaban J connectivity index is 1.78. The van der Waals surface area contributed by atoms with Gasteiger partial charge in [0.25, 0.3) is 0 Å². The Morgan fingerprint density at radius 2 is 1.22 bits per heavy atom. The molecular weight excluding hydrogens is 601 g/mol. The van der Waals surface area contributed by atoms with Crippen LogP contribution in [0.5, 0.6) is 0 Å². The maximum atomic E-state index is 2.86. The highest BCUT2D eigenvalue weighted by Crippen LogP contribution is 2.88. The van der Waals surface area contributed by atoms with Crippen LogP contribution >= 0.6 is 0 Å². The van der Waals surface area contributed by atoms with Gasteiger partial charge in [-0.1, -0.05) is 131 Å². The minimum atomic E-state index is 0.243. The van der Waals surface area contributed by atoms with Crippen LogP contribution in [0.2, 0.25) is 0 Å². The fraction of sp³-hybridized carbons (Fsp3) is 0.880. The lowest BCUT2D eigenvalue weighted by Gasteiger charge is -2.64. The van der Waals surface area contributed by atoms with Gasteiger partial charge in [0, 0.05) is 0 Å². The smallest absolute Gasteiger partial charge is 0.0125 e. The third-order valence-corrected chi connectivity index (χ3v) is 21.8. The summed E-state index contributed by atoms with van der Waals surface area (Å²) in [4.78, 5) is 0. The van der Waals surface area contributed by atoms with E-state index in [-0.39, 0.29) is 32.5 Å². The van der Waals surface area contributed by atoms with Crippen LogP contribution in [0.4, 0.5) is 0 Å². The molecule has 0 amide bonds. The molecule has 3 fully saturated rings. The van der Waals surface area contributed by atoms with E-state index in [1.54, 1.807) is 33.4 Å². The van der Waals surface area contributed by atoms with Crippen LogP contribution in [-0.4, -0.2) is 0 Å². The van der Waals surface area contributed by atoms with E-state index in [2.05, 4.69) is 152 Å². The zero-order valence-corrected chi connectivity index (χ0v) is 37.8. The van der Waals surface area contributed by atoms with Crippen molar-refractivity contribution in [3.63, 3.8) is 0 Å². The van der Waals surface area contributed by atoms with Gasteiger partial charge in [0.2, 0.25) is 0 Å². The number of hydrogen-bond donors (Lipinski definition) is 0. The fourth-order valence-corrected chi connectivity index (χ4v) is 16.6. The molecule has 0 N–H and O–H groups in total. The molecule has 0 aliphatic heterocycles. The minimum Gasteiger partial charge on any atom is -0.0654 e. The minimum absolute atomic E-state index is 0.243. The molecule has 4 aliphatic carbocycles. The van der Waals surface area contributed by atoms with Gasteiger partial charge in [0.1, 0.15) is 0 Å². The highest BCUT2D eigenvalue weighted by molar-refractivity contribution is 5.55. The Kier molecular flexibility index (Phi) is 9.79. The van der Waals surface area contributed by atoms with Gasteiger partial charge in [-0.25, -0.2) is 0 Å². The van der Waals surface area contributed by atoms with Crippen molar-refractivity contribution in [1.29, 1.82) is 0 Å². The van der Waals surface area contributed by atoms with E-state index in [1.165, 1.54) is 32.1 Å². The number of fused-ring (bicyclic) bond motifs is 3. The van der Waals surface area contributed by atoms with Crippen molar-refractivity contribution in [2.75, 3.05) is 0 Å². The predicted octanol–water partition coefficient (Wildman–Crippen LogP) is 15.3. The molecule has 13 atom stereocenters. The molecule has 3 saturated carbocycles. The van der Waals surface area contributed by atoms with Crippen LogP contribution in [0.25, 0.3) is 0 Å². The summed E-state index contributed by atoms with van der Waals surface area (Å²) in [5, 5.41) is 0. The van der Waals surface area contributed by atoms with Gasteiger partial charge in [-0.3, -0.25) is 0 Å². The summed E-state index contributed by atoms with van der Waals surface area (Å²) >= 11 is 0. The van der Waals surface area contributed by atoms with E-state index >= 15 is 0 Å². The van der Waals surface area contributed by atoms with E-state index in [0.717, 1.165) is 23.7 Å².